The molecule has 1 aliphatic rings. The molecule has 2 rings (SSSR count). The van der Waals surface area contributed by atoms with Crippen LogP contribution in [0, 0.1) is 0 Å². The van der Waals surface area contributed by atoms with E-state index >= 15 is 0 Å². The summed E-state index contributed by atoms with van der Waals surface area (Å²) in [5, 5.41) is 0. The van der Waals surface area contributed by atoms with Crippen molar-refractivity contribution in [3.8, 4) is 0 Å². The molecule has 0 aliphatic carbocycles. The second kappa shape index (κ2) is 6.00. The third-order valence-corrected chi connectivity index (χ3v) is 3.44. The topological polar surface area (TPSA) is 96.6 Å². The van der Waals surface area contributed by atoms with E-state index in [-0.39, 0.29) is 5.91 Å². The monoisotopic (exact) mass is 340 g/mol. The number of carbonyl (C=O) groups is 3. The first-order chi connectivity index (χ1) is 9.49. The molecule has 0 bridgehead atoms. The standard InChI is InChI=1S/C12H13BrN4O3/c13-9-3-1-2-8(15-9)11(19)16-4-6-17(7-5-16)12(20)10(14)18/h1-3H,4-7H2,(H2,14,18). The van der Waals surface area contributed by atoms with E-state index in [9.17, 15) is 14.4 Å². The third kappa shape index (κ3) is 3.13. The van der Waals surface area contributed by atoms with Gasteiger partial charge in [0.1, 0.15) is 10.3 Å². The van der Waals surface area contributed by atoms with Crippen molar-refractivity contribution in [3.05, 3.63) is 28.5 Å². The van der Waals surface area contributed by atoms with Crippen molar-refractivity contribution in [3.63, 3.8) is 0 Å². The Hall–Kier alpha value is -1.96. The Labute approximate surface area is 123 Å². The second-order valence-corrected chi connectivity index (χ2v) is 5.11. The van der Waals surface area contributed by atoms with Gasteiger partial charge in [-0.3, -0.25) is 14.4 Å². The summed E-state index contributed by atoms with van der Waals surface area (Å²) in [6.07, 6.45) is 0. The summed E-state index contributed by atoms with van der Waals surface area (Å²) in [6.45, 7) is 1.29. The van der Waals surface area contributed by atoms with Gasteiger partial charge in [-0.1, -0.05) is 6.07 Å². The van der Waals surface area contributed by atoms with Gasteiger partial charge in [-0.05, 0) is 28.1 Å². The molecule has 0 unspecified atom stereocenters. The molecule has 0 radical (unpaired) electrons. The van der Waals surface area contributed by atoms with Gasteiger partial charge in [-0.25, -0.2) is 4.98 Å². The summed E-state index contributed by atoms with van der Waals surface area (Å²) >= 11 is 3.21. The zero-order valence-corrected chi connectivity index (χ0v) is 12.2. The smallest absolute Gasteiger partial charge is 0.311 e. The van der Waals surface area contributed by atoms with E-state index in [1.807, 2.05) is 0 Å². The number of halogens is 1. The molecule has 3 amide bonds. The predicted molar refractivity (Wildman–Crippen MR) is 73.6 cm³/mol. The van der Waals surface area contributed by atoms with Crippen LogP contribution in [0.25, 0.3) is 0 Å². The highest BCUT2D eigenvalue weighted by Crippen LogP contribution is 2.10. The van der Waals surface area contributed by atoms with Gasteiger partial charge >= 0.3 is 11.8 Å². The van der Waals surface area contributed by atoms with Gasteiger partial charge in [0.15, 0.2) is 0 Å². The number of rotatable bonds is 1. The third-order valence-electron chi connectivity index (χ3n) is 3.00. The van der Waals surface area contributed by atoms with Crippen LogP contribution >= 0.6 is 15.9 Å². The molecule has 0 atom stereocenters. The number of hydrogen-bond acceptors (Lipinski definition) is 4. The lowest BCUT2D eigenvalue weighted by atomic mass is 10.2. The van der Waals surface area contributed by atoms with Crippen LogP contribution in [0.15, 0.2) is 22.8 Å². The van der Waals surface area contributed by atoms with Crippen molar-refractivity contribution >= 4 is 33.7 Å². The lowest BCUT2D eigenvalue weighted by molar-refractivity contribution is -0.145. The Morgan fingerprint density at radius 3 is 2.25 bits per heavy atom. The maximum Gasteiger partial charge on any atom is 0.311 e. The van der Waals surface area contributed by atoms with Gasteiger partial charge in [0, 0.05) is 26.2 Å². The lowest BCUT2D eigenvalue weighted by Gasteiger charge is -2.33. The molecule has 1 aliphatic heterocycles. The molecule has 0 spiro atoms. The first-order valence-electron chi connectivity index (χ1n) is 5.99. The van der Waals surface area contributed by atoms with E-state index in [1.165, 1.54) is 4.90 Å². The zero-order valence-electron chi connectivity index (χ0n) is 10.6. The van der Waals surface area contributed by atoms with Gasteiger partial charge < -0.3 is 15.5 Å². The minimum absolute atomic E-state index is 0.197. The summed E-state index contributed by atoms with van der Waals surface area (Å²) in [5.41, 5.74) is 5.28. The Bertz CT molecular complexity index is 555. The SMILES string of the molecule is NC(=O)C(=O)N1CCN(C(=O)c2cccc(Br)n2)CC1. The highest BCUT2D eigenvalue weighted by atomic mass is 79.9. The molecule has 0 aromatic carbocycles. The van der Waals surface area contributed by atoms with Gasteiger partial charge in [0.2, 0.25) is 0 Å². The van der Waals surface area contributed by atoms with E-state index < -0.39 is 11.8 Å². The van der Waals surface area contributed by atoms with E-state index in [4.69, 9.17) is 5.73 Å². The molecule has 20 heavy (non-hydrogen) atoms. The Morgan fingerprint density at radius 2 is 1.70 bits per heavy atom. The summed E-state index contributed by atoms with van der Waals surface area (Å²) in [6, 6.07) is 5.10. The fourth-order valence-corrected chi connectivity index (χ4v) is 2.30. The molecule has 8 heteroatoms. The van der Waals surface area contributed by atoms with Gasteiger partial charge in [-0.2, -0.15) is 0 Å². The molecule has 1 aromatic heterocycles. The molecule has 106 valence electrons. The second-order valence-electron chi connectivity index (χ2n) is 4.29. The largest absolute Gasteiger partial charge is 0.361 e. The number of nitrogens with two attached hydrogens (primary N) is 1. The number of carbonyl (C=O) groups excluding carboxylic acids is 3. The van der Waals surface area contributed by atoms with Crippen LogP contribution in [0.4, 0.5) is 0 Å². The quantitative estimate of drug-likeness (QED) is 0.556. The van der Waals surface area contributed by atoms with E-state index in [0.717, 1.165) is 0 Å². The average Bonchev–Trinajstić information content (AvgIpc) is 2.46. The summed E-state index contributed by atoms with van der Waals surface area (Å²) in [5.74, 6) is -1.88. The molecule has 2 N–H and O–H groups in total. The normalized spacial score (nSPS) is 15.1. The van der Waals surface area contributed by atoms with Crippen molar-refractivity contribution in [1.29, 1.82) is 0 Å². The number of primary amides is 1. The predicted octanol–water partition coefficient (Wildman–Crippen LogP) is -0.386. The van der Waals surface area contributed by atoms with Crippen molar-refractivity contribution < 1.29 is 14.4 Å². The molecule has 2 heterocycles. The van der Waals surface area contributed by atoms with Crippen molar-refractivity contribution in [2.75, 3.05) is 26.2 Å². The minimum atomic E-state index is -0.974. The number of pyridine rings is 1. The molecule has 1 fully saturated rings. The van der Waals surface area contributed by atoms with E-state index in [2.05, 4.69) is 20.9 Å². The highest BCUT2D eigenvalue weighted by Gasteiger charge is 2.27. The van der Waals surface area contributed by atoms with Crippen molar-refractivity contribution in [1.82, 2.24) is 14.8 Å². The number of amides is 3. The summed E-state index contributed by atoms with van der Waals surface area (Å²) < 4.78 is 0.589. The van der Waals surface area contributed by atoms with E-state index in [0.29, 0.717) is 36.5 Å². The number of piperazine rings is 1. The molecular formula is C12H13BrN4O3. The van der Waals surface area contributed by atoms with Crippen LogP contribution < -0.4 is 5.73 Å². The van der Waals surface area contributed by atoms with Crippen LogP contribution in [0.5, 0.6) is 0 Å². The van der Waals surface area contributed by atoms with Crippen LogP contribution in [0.3, 0.4) is 0 Å². The number of nitrogens with zero attached hydrogens (tertiary/aromatic N) is 3. The van der Waals surface area contributed by atoms with Crippen LogP contribution in [0.1, 0.15) is 10.5 Å². The van der Waals surface area contributed by atoms with Crippen molar-refractivity contribution in [2.45, 2.75) is 0 Å². The van der Waals surface area contributed by atoms with Gasteiger partial charge in [-0.15, -0.1) is 0 Å². The first-order valence-corrected chi connectivity index (χ1v) is 6.79. The van der Waals surface area contributed by atoms with Crippen LogP contribution in [-0.4, -0.2) is 58.7 Å². The number of hydrogen-bond donors (Lipinski definition) is 1. The fourth-order valence-electron chi connectivity index (χ4n) is 1.96. The molecule has 0 saturated carbocycles. The molecule has 1 saturated heterocycles. The van der Waals surface area contributed by atoms with Crippen LogP contribution in [-0.2, 0) is 9.59 Å². The number of aromatic nitrogens is 1. The van der Waals surface area contributed by atoms with Gasteiger partial charge in [0.05, 0.1) is 0 Å². The minimum Gasteiger partial charge on any atom is -0.361 e. The molecule has 1 aromatic rings. The van der Waals surface area contributed by atoms with Gasteiger partial charge in [0.25, 0.3) is 5.91 Å². The summed E-state index contributed by atoms with van der Waals surface area (Å²) in [4.78, 5) is 41.5. The maximum absolute atomic E-state index is 12.2. The molecular weight excluding hydrogens is 328 g/mol. The van der Waals surface area contributed by atoms with Crippen LogP contribution in [0.2, 0.25) is 0 Å². The molecule has 7 nitrogen and oxygen atoms in total. The highest BCUT2D eigenvalue weighted by molar-refractivity contribution is 9.10. The van der Waals surface area contributed by atoms with Crippen molar-refractivity contribution in [2.24, 2.45) is 5.73 Å². The fraction of sp³-hybridized carbons (Fsp3) is 0.333. The average molecular weight is 341 g/mol. The maximum atomic E-state index is 12.2. The lowest BCUT2D eigenvalue weighted by Crippen LogP contribution is -2.53. The first kappa shape index (κ1) is 14.4. The Morgan fingerprint density at radius 1 is 1.10 bits per heavy atom. The van der Waals surface area contributed by atoms with E-state index in [1.54, 1.807) is 23.1 Å². The zero-order chi connectivity index (χ0) is 14.7. The summed E-state index contributed by atoms with van der Waals surface area (Å²) in [7, 11) is 0. The Kier molecular flexibility index (Phi) is 4.33. The Balaban J connectivity index is 1.99.